The largest absolute Gasteiger partial charge is 0.497 e. The maximum Gasteiger partial charge on any atom is 0.140 e. The zero-order chi connectivity index (χ0) is 14.5. The van der Waals surface area contributed by atoms with Gasteiger partial charge in [-0.1, -0.05) is 29.8 Å². The molecule has 1 atom stereocenters. The summed E-state index contributed by atoms with van der Waals surface area (Å²) >= 11 is 0. The number of methoxy groups -OCH3 is 1. The van der Waals surface area contributed by atoms with E-state index in [9.17, 15) is 5.26 Å². The quantitative estimate of drug-likeness (QED) is 0.910. The van der Waals surface area contributed by atoms with E-state index in [-0.39, 0.29) is 6.04 Å². The summed E-state index contributed by atoms with van der Waals surface area (Å²) in [6.45, 7) is 4.08. The smallest absolute Gasteiger partial charge is 0.140 e. The fourth-order valence-electron chi connectivity index (χ4n) is 2.21. The van der Waals surface area contributed by atoms with Gasteiger partial charge in [-0.25, -0.2) is 0 Å². The first-order valence-electron chi connectivity index (χ1n) is 6.51. The van der Waals surface area contributed by atoms with Crippen molar-refractivity contribution in [2.45, 2.75) is 19.9 Å². The van der Waals surface area contributed by atoms with Gasteiger partial charge in [0.2, 0.25) is 0 Å². The summed E-state index contributed by atoms with van der Waals surface area (Å²) in [6.07, 6.45) is 0. The van der Waals surface area contributed by atoms with E-state index >= 15 is 0 Å². The Bertz CT molecular complexity index is 644. The summed E-state index contributed by atoms with van der Waals surface area (Å²) in [7, 11) is 1.63. The van der Waals surface area contributed by atoms with E-state index in [4.69, 9.17) is 4.74 Å². The van der Waals surface area contributed by atoms with Gasteiger partial charge in [-0.3, -0.25) is 0 Å². The first-order chi connectivity index (χ1) is 9.63. The molecule has 0 saturated heterocycles. The topological polar surface area (TPSA) is 45.0 Å². The van der Waals surface area contributed by atoms with Gasteiger partial charge in [0.1, 0.15) is 11.8 Å². The SMILES string of the molecule is COc1cccc(NC(C#N)c2ccc(C)cc2C)c1. The molecule has 1 unspecified atom stereocenters. The van der Waals surface area contributed by atoms with E-state index in [1.165, 1.54) is 5.56 Å². The van der Waals surface area contributed by atoms with Crippen molar-refractivity contribution in [3.8, 4) is 11.8 Å². The first kappa shape index (κ1) is 14.0. The van der Waals surface area contributed by atoms with Crippen LogP contribution in [0.3, 0.4) is 0 Å². The van der Waals surface area contributed by atoms with Crippen LogP contribution in [0.25, 0.3) is 0 Å². The Morgan fingerprint density at radius 2 is 1.95 bits per heavy atom. The van der Waals surface area contributed by atoms with E-state index in [1.54, 1.807) is 7.11 Å². The highest BCUT2D eigenvalue weighted by atomic mass is 16.5. The monoisotopic (exact) mass is 266 g/mol. The number of ether oxygens (including phenoxy) is 1. The van der Waals surface area contributed by atoms with Crippen LogP contribution >= 0.6 is 0 Å². The third-order valence-electron chi connectivity index (χ3n) is 3.25. The maximum atomic E-state index is 9.42. The summed E-state index contributed by atoms with van der Waals surface area (Å²) in [5.74, 6) is 0.771. The van der Waals surface area contributed by atoms with Crippen LogP contribution in [0.5, 0.6) is 5.75 Å². The average Bonchev–Trinajstić information content (AvgIpc) is 2.45. The molecule has 2 rings (SSSR count). The van der Waals surface area contributed by atoms with E-state index in [0.29, 0.717) is 0 Å². The molecule has 0 aromatic heterocycles. The van der Waals surface area contributed by atoms with Gasteiger partial charge in [-0.2, -0.15) is 5.26 Å². The van der Waals surface area contributed by atoms with Gasteiger partial charge in [0.25, 0.3) is 0 Å². The molecule has 0 amide bonds. The van der Waals surface area contributed by atoms with Crippen LogP contribution in [0.15, 0.2) is 42.5 Å². The van der Waals surface area contributed by atoms with Gasteiger partial charge >= 0.3 is 0 Å². The normalized spacial score (nSPS) is 11.5. The van der Waals surface area contributed by atoms with Crippen molar-refractivity contribution in [2.75, 3.05) is 12.4 Å². The number of nitrogens with zero attached hydrogens (tertiary/aromatic N) is 1. The number of anilines is 1. The molecule has 3 nitrogen and oxygen atoms in total. The number of rotatable bonds is 4. The van der Waals surface area contributed by atoms with Crippen LogP contribution in [0.2, 0.25) is 0 Å². The van der Waals surface area contributed by atoms with Crippen LogP contribution in [-0.4, -0.2) is 7.11 Å². The van der Waals surface area contributed by atoms with Crippen molar-refractivity contribution >= 4 is 5.69 Å². The highest BCUT2D eigenvalue weighted by Gasteiger charge is 2.13. The van der Waals surface area contributed by atoms with Gasteiger partial charge in [0.15, 0.2) is 0 Å². The molecule has 0 aliphatic heterocycles. The second kappa shape index (κ2) is 6.12. The highest BCUT2D eigenvalue weighted by Crippen LogP contribution is 2.25. The van der Waals surface area contributed by atoms with E-state index in [1.807, 2.05) is 50.2 Å². The van der Waals surface area contributed by atoms with Gasteiger partial charge in [-0.05, 0) is 37.1 Å². The highest BCUT2D eigenvalue weighted by molar-refractivity contribution is 5.52. The molecule has 1 N–H and O–H groups in total. The molecule has 0 spiro atoms. The number of aryl methyl sites for hydroxylation is 2. The van der Waals surface area contributed by atoms with Gasteiger partial charge in [0, 0.05) is 11.8 Å². The Morgan fingerprint density at radius 3 is 2.60 bits per heavy atom. The van der Waals surface area contributed by atoms with Crippen LogP contribution in [0.1, 0.15) is 22.7 Å². The Kier molecular flexibility index (Phi) is 4.27. The minimum absolute atomic E-state index is 0.372. The number of nitrogens with one attached hydrogen (secondary N) is 1. The van der Waals surface area contributed by atoms with E-state index in [0.717, 1.165) is 22.6 Å². The lowest BCUT2D eigenvalue weighted by atomic mass is 10.00. The molecule has 2 aromatic rings. The Labute approximate surface area is 119 Å². The van der Waals surface area contributed by atoms with Crippen LogP contribution < -0.4 is 10.1 Å². The minimum Gasteiger partial charge on any atom is -0.497 e. The van der Waals surface area contributed by atoms with Crippen LogP contribution in [0, 0.1) is 25.2 Å². The molecule has 20 heavy (non-hydrogen) atoms. The van der Waals surface area contributed by atoms with Crippen LogP contribution in [-0.2, 0) is 0 Å². The molecule has 0 saturated carbocycles. The number of nitriles is 1. The van der Waals surface area contributed by atoms with Crippen molar-refractivity contribution in [3.63, 3.8) is 0 Å². The molecule has 0 heterocycles. The summed E-state index contributed by atoms with van der Waals surface area (Å²) in [5, 5.41) is 12.7. The molecule has 2 aromatic carbocycles. The van der Waals surface area contributed by atoms with E-state index in [2.05, 4.69) is 17.5 Å². The fraction of sp³-hybridized carbons (Fsp3) is 0.235. The van der Waals surface area contributed by atoms with Gasteiger partial charge < -0.3 is 10.1 Å². The predicted molar refractivity (Wildman–Crippen MR) is 80.9 cm³/mol. The second-order valence-electron chi connectivity index (χ2n) is 4.80. The number of hydrogen-bond acceptors (Lipinski definition) is 3. The predicted octanol–water partition coefficient (Wildman–Crippen LogP) is 3.99. The molecule has 0 aliphatic rings. The van der Waals surface area contributed by atoms with Crippen molar-refractivity contribution in [1.29, 1.82) is 5.26 Å². The molecule has 0 bridgehead atoms. The van der Waals surface area contributed by atoms with Crippen molar-refractivity contribution in [3.05, 3.63) is 59.2 Å². The average molecular weight is 266 g/mol. The number of benzene rings is 2. The second-order valence-corrected chi connectivity index (χ2v) is 4.80. The Morgan fingerprint density at radius 1 is 1.15 bits per heavy atom. The molecular weight excluding hydrogens is 248 g/mol. The lowest BCUT2D eigenvalue weighted by Gasteiger charge is -2.16. The van der Waals surface area contributed by atoms with Gasteiger partial charge in [0.05, 0.1) is 13.2 Å². The van der Waals surface area contributed by atoms with Crippen LogP contribution in [0.4, 0.5) is 5.69 Å². The maximum absolute atomic E-state index is 9.42. The molecule has 102 valence electrons. The Hall–Kier alpha value is -2.47. The minimum atomic E-state index is -0.372. The molecule has 3 heteroatoms. The number of hydrogen-bond donors (Lipinski definition) is 1. The fourth-order valence-corrected chi connectivity index (χ4v) is 2.21. The zero-order valence-corrected chi connectivity index (χ0v) is 12.0. The summed E-state index contributed by atoms with van der Waals surface area (Å²) in [5.41, 5.74) is 4.19. The third kappa shape index (κ3) is 3.10. The zero-order valence-electron chi connectivity index (χ0n) is 12.0. The molecule has 0 aliphatic carbocycles. The first-order valence-corrected chi connectivity index (χ1v) is 6.51. The summed E-state index contributed by atoms with van der Waals surface area (Å²) in [6, 6.07) is 15.7. The van der Waals surface area contributed by atoms with Gasteiger partial charge in [-0.15, -0.1) is 0 Å². The summed E-state index contributed by atoms with van der Waals surface area (Å²) in [4.78, 5) is 0. The molecule has 0 fully saturated rings. The van der Waals surface area contributed by atoms with Crippen molar-refractivity contribution in [1.82, 2.24) is 0 Å². The standard InChI is InChI=1S/C17H18N2O/c1-12-7-8-16(13(2)9-12)17(11-18)19-14-5-4-6-15(10-14)20-3/h4-10,17,19H,1-3H3. The molecule has 0 radical (unpaired) electrons. The van der Waals surface area contributed by atoms with Crippen molar-refractivity contribution in [2.24, 2.45) is 0 Å². The molecular formula is C17H18N2O. The van der Waals surface area contributed by atoms with Crippen molar-refractivity contribution < 1.29 is 4.74 Å². The summed E-state index contributed by atoms with van der Waals surface area (Å²) < 4.78 is 5.19. The van der Waals surface area contributed by atoms with E-state index < -0.39 is 0 Å². The lowest BCUT2D eigenvalue weighted by Crippen LogP contribution is -2.10. The Balaban J connectivity index is 2.27. The third-order valence-corrected chi connectivity index (χ3v) is 3.25. The lowest BCUT2D eigenvalue weighted by molar-refractivity contribution is 0.415.